The third kappa shape index (κ3) is 4.37. The normalized spacial score (nSPS) is 10.6. The van der Waals surface area contributed by atoms with Crippen molar-refractivity contribution in [3.8, 4) is 11.5 Å². The van der Waals surface area contributed by atoms with Gasteiger partial charge in [0.2, 0.25) is 0 Å². The summed E-state index contributed by atoms with van der Waals surface area (Å²) in [6.07, 6.45) is 1.16. The molecule has 0 saturated carbocycles. The molecule has 0 aliphatic rings. The van der Waals surface area contributed by atoms with E-state index in [2.05, 4.69) is 10.3 Å². The Labute approximate surface area is 177 Å². The number of hydrogen-bond donors (Lipinski definition) is 1. The molecule has 1 aromatic heterocycles. The van der Waals surface area contributed by atoms with Gasteiger partial charge >= 0.3 is 5.69 Å². The Hall–Kier alpha value is -4.20. The second-order valence-electron chi connectivity index (χ2n) is 6.71. The Bertz CT molecular complexity index is 1250. The summed E-state index contributed by atoms with van der Waals surface area (Å²) in [4.78, 5) is 15.3. The largest absolute Gasteiger partial charge is 0.493 e. The van der Waals surface area contributed by atoms with Crippen molar-refractivity contribution in [1.29, 1.82) is 0 Å². The molecule has 7 nitrogen and oxygen atoms in total. The predicted molar refractivity (Wildman–Crippen MR) is 115 cm³/mol. The zero-order valence-electron chi connectivity index (χ0n) is 16.5. The van der Waals surface area contributed by atoms with Crippen molar-refractivity contribution in [2.24, 2.45) is 0 Å². The molecular formula is C23H18FN3O4. The first kappa shape index (κ1) is 20.1. The fourth-order valence-corrected chi connectivity index (χ4v) is 3.18. The minimum absolute atomic E-state index is 0.188. The molecule has 0 saturated heterocycles. The van der Waals surface area contributed by atoms with Gasteiger partial charge in [0, 0.05) is 17.1 Å². The first-order valence-electron chi connectivity index (χ1n) is 9.39. The standard InChI is InChI=1S/C23H18FN3O4/c1-30-21-12-19-18(11-22(21)31-14-15-6-3-2-4-7-15)23(20(13-25-19)27(28)29)26-17-9-5-8-16(24)10-17/h2-13H,14H2,1H3,(H,25,26). The summed E-state index contributed by atoms with van der Waals surface area (Å²) in [5.41, 5.74) is 1.75. The number of pyridine rings is 1. The number of methoxy groups -OCH3 is 1. The van der Waals surface area contributed by atoms with E-state index < -0.39 is 10.7 Å². The number of fused-ring (bicyclic) bond motifs is 1. The number of aromatic nitrogens is 1. The first-order chi connectivity index (χ1) is 15.0. The number of benzene rings is 3. The summed E-state index contributed by atoms with van der Waals surface area (Å²) in [6.45, 7) is 0.289. The molecule has 156 valence electrons. The van der Waals surface area contributed by atoms with Gasteiger partial charge in [-0.25, -0.2) is 9.37 Å². The average Bonchev–Trinajstić information content (AvgIpc) is 2.78. The number of hydrogen-bond acceptors (Lipinski definition) is 6. The minimum atomic E-state index is -0.539. The smallest absolute Gasteiger partial charge is 0.311 e. The predicted octanol–water partition coefficient (Wildman–Crippen LogP) is 5.61. The van der Waals surface area contributed by atoms with Crippen LogP contribution in [0.15, 0.2) is 72.9 Å². The van der Waals surface area contributed by atoms with Crippen molar-refractivity contribution in [2.75, 3.05) is 12.4 Å². The highest BCUT2D eigenvalue weighted by atomic mass is 19.1. The fourth-order valence-electron chi connectivity index (χ4n) is 3.18. The summed E-state index contributed by atoms with van der Waals surface area (Å²) in [5.74, 6) is 0.393. The van der Waals surface area contributed by atoms with Gasteiger partial charge in [-0.1, -0.05) is 36.4 Å². The maximum atomic E-state index is 13.6. The van der Waals surface area contributed by atoms with Crippen molar-refractivity contribution in [2.45, 2.75) is 6.61 Å². The van der Waals surface area contributed by atoms with E-state index in [1.807, 2.05) is 30.3 Å². The molecule has 1 heterocycles. The van der Waals surface area contributed by atoms with Gasteiger partial charge in [0.15, 0.2) is 11.5 Å². The van der Waals surface area contributed by atoms with Gasteiger partial charge in [0.1, 0.15) is 24.3 Å². The Morgan fingerprint density at radius 1 is 1.06 bits per heavy atom. The second-order valence-corrected chi connectivity index (χ2v) is 6.71. The van der Waals surface area contributed by atoms with Gasteiger partial charge < -0.3 is 14.8 Å². The zero-order chi connectivity index (χ0) is 21.8. The van der Waals surface area contributed by atoms with Gasteiger partial charge in [-0.2, -0.15) is 0 Å². The van der Waals surface area contributed by atoms with E-state index in [9.17, 15) is 14.5 Å². The summed E-state index contributed by atoms with van der Waals surface area (Å²) in [5, 5.41) is 15.0. The lowest BCUT2D eigenvalue weighted by molar-refractivity contribution is -0.384. The number of anilines is 2. The molecule has 0 bridgehead atoms. The summed E-state index contributed by atoms with van der Waals surface area (Å²) in [6, 6.07) is 18.6. The van der Waals surface area contributed by atoms with Crippen molar-refractivity contribution >= 4 is 28.0 Å². The second kappa shape index (κ2) is 8.66. The number of nitro groups is 1. The molecule has 8 heteroatoms. The van der Waals surface area contributed by atoms with Crippen LogP contribution in [-0.4, -0.2) is 17.0 Å². The molecule has 31 heavy (non-hydrogen) atoms. The van der Waals surface area contributed by atoms with E-state index in [0.717, 1.165) is 11.8 Å². The van der Waals surface area contributed by atoms with Crippen LogP contribution in [0.2, 0.25) is 0 Å². The first-order valence-corrected chi connectivity index (χ1v) is 9.39. The van der Waals surface area contributed by atoms with Crippen LogP contribution in [0.3, 0.4) is 0 Å². The molecule has 0 amide bonds. The molecule has 4 aromatic rings. The van der Waals surface area contributed by atoms with E-state index >= 15 is 0 Å². The summed E-state index contributed by atoms with van der Waals surface area (Å²) in [7, 11) is 1.51. The third-order valence-electron chi connectivity index (χ3n) is 4.66. The molecule has 0 spiro atoms. The lowest BCUT2D eigenvalue weighted by Crippen LogP contribution is -2.02. The SMILES string of the molecule is COc1cc2ncc([N+](=O)[O-])c(Nc3cccc(F)c3)c2cc1OCc1ccccc1. The molecule has 0 aliphatic heterocycles. The molecule has 3 aromatic carbocycles. The Balaban J connectivity index is 1.81. The quantitative estimate of drug-likeness (QED) is 0.309. The highest BCUT2D eigenvalue weighted by Gasteiger charge is 2.21. The van der Waals surface area contributed by atoms with Gasteiger partial charge in [-0.05, 0) is 29.8 Å². The van der Waals surface area contributed by atoms with E-state index in [1.165, 1.54) is 25.3 Å². The molecular weight excluding hydrogens is 401 g/mol. The van der Waals surface area contributed by atoms with Crippen LogP contribution >= 0.6 is 0 Å². The summed E-state index contributed by atoms with van der Waals surface area (Å²) >= 11 is 0. The van der Waals surface area contributed by atoms with Crippen LogP contribution in [-0.2, 0) is 6.61 Å². The highest BCUT2D eigenvalue weighted by molar-refractivity contribution is 5.99. The number of nitrogens with zero attached hydrogens (tertiary/aromatic N) is 2. The van der Waals surface area contributed by atoms with Crippen molar-refractivity contribution < 1.29 is 18.8 Å². The topological polar surface area (TPSA) is 86.5 Å². The molecule has 0 aliphatic carbocycles. The molecule has 0 fully saturated rings. The number of ether oxygens (including phenoxy) is 2. The van der Waals surface area contributed by atoms with Gasteiger partial charge in [0.05, 0.1) is 17.5 Å². The molecule has 0 unspecified atom stereocenters. The van der Waals surface area contributed by atoms with Gasteiger partial charge in [-0.15, -0.1) is 0 Å². The highest BCUT2D eigenvalue weighted by Crippen LogP contribution is 2.40. The summed E-state index contributed by atoms with van der Waals surface area (Å²) < 4.78 is 25.0. The number of rotatable bonds is 7. The van der Waals surface area contributed by atoms with Crippen LogP contribution in [0, 0.1) is 15.9 Å². The maximum absolute atomic E-state index is 13.6. The van der Waals surface area contributed by atoms with E-state index in [1.54, 1.807) is 18.2 Å². The van der Waals surface area contributed by atoms with E-state index in [4.69, 9.17) is 9.47 Å². The lowest BCUT2D eigenvalue weighted by Gasteiger charge is -2.15. The van der Waals surface area contributed by atoms with Crippen LogP contribution in [0.4, 0.5) is 21.5 Å². The zero-order valence-corrected chi connectivity index (χ0v) is 16.5. The van der Waals surface area contributed by atoms with Crippen LogP contribution in [0.25, 0.3) is 10.9 Å². The van der Waals surface area contributed by atoms with Gasteiger partial charge in [0.25, 0.3) is 0 Å². The lowest BCUT2D eigenvalue weighted by atomic mass is 10.1. The van der Waals surface area contributed by atoms with Crippen molar-refractivity contribution in [1.82, 2.24) is 4.98 Å². The van der Waals surface area contributed by atoms with Gasteiger partial charge in [-0.3, -0.25) is 10.1 Å². The van der Waals surface area contributed by atoms with E-state index in [0.29, 0.717) is 28.1 Å². The Kier molecular flexibility index (Phi) is 5.61. The number of nitrogens with one attached hydrogen (secondary N) is 1. The van der Waals surface area contributed by atoms with Crippen LogP contribution in [0.1, 0.15) is 5.56 Å². The molecule has 4 rings (SSSR count). The monoisotopic (exact) mass is 419 g/mol. The Morgan fingerprint density at radius 2 is 1.87 bits per heavy atom. The third-order valence-corrected chi connectivity index (χ3v) is 4.66. The fraction of sp³-hybridized carbons (Fsp3) is 0.0870. The molecule has 1 N–H and O–H groups in total. The minimum Gasteiger partial charge on any atom is -0.493 e. The Morgan fingerprint density at radius 3 is 2.58 bits per heavy atom. The maximum Gasteiger partial charge on any atom is 0.311 e. The average molecular weight is 419 g/mol. The molecule has 0 radical (unpaired) electrons. The van der Waals surface area contributed by atoms with Crippen molar-refractivity contribution in [3.05, 3.63) is 94.4 Å². The molecule has 0 atom stereocenters. The van der Waals surface area contributed by atoms with Crippen LogP contribution in [0.5, 0.6) is 11.5 Å². The number of halogens is 1. The van der Waals surface area contributed by atoms with Crippen molar-refractivity contribution in [3.63, 3.8) is 0 Å². The van der Waals surface area contributed by atoms with Crippen LogP contribution < -0.4 is 14.8 Å². The van der Waals surface area contributed by atoms with E-state index in [-0.39, 0.29) is 18.0 Å².